The molecule has 2 amide bonds. The second kappa shape index (κ2) is 4.17. The molecular weight excluding hydrogens is 242 g/mol. The molecule has 96 valence electrons. The highest BCUT2D eigenvalue weighted by Crippen LogP contribution is 2.30. The van der Waals surface area contributed by atoms with E-state index in [2.05, 4.69) is 0 Å². The summed E-state index contributed by atoms with van der Waals surface area (Å²) in [6, 6.07) is 10.3. The van der Waals surface area contributed by atoms with E-state index < -0.39 is 6.04 Å². The Hall–Kier alpha value is -2.20. The summed E-state index contributed by atoms with van der Waals surface area (Å²) in [5.41, 5.74) is 1.04. The Labute approximate surface area is 110 Å². The highest BCUT2D eigenvalue weighted by atomic mass is 16.3. The maximum absolute atomic E-state index is 12.4. The Bertz CT molecular complexity index is 642. The van der Waals surface area contributed by atoms with Gasteiger partial charge < -0.3 is 5.11 Å². The second-order valence-corrected chi connectivity index (χ2v) is 4.72. The van der Waals surface area contributed by atoms with Crippen LogP contribution in [0.2, 0.25) is 0 Å². The number of nitrogens with zero attached hydrogens (tertiary/aromatic N) is 1. The van der Waals surface area contributed by atoms with Crippen molar-refractivity contribution < 1.29 is 14.7 Å². The summed E-state index contributed by atoms with van der Waals surface area (Å²) in [5.74, 6) is -0.674. The second-order valence-electron chi connectivity index (χ2n) is 4.72. The van der Waals surface area contributed by atoms with Crippen LogP contribution >= 0.6 is 0 Å². The first kappa shape index (κ1) is 11.9. The molecule has 4 nitrogen and oxygen atoms in total. The number of benzene rings is 2. The number of rotatable bonds is 2. The van der Waals surface area contributed by atoms with Gasteiger partial charge in [0.05, 0.1) is 12.6 Å². The van der Waals surface area contributed by atoms with Gasteiger partial charge in [-0.15, -0.1) is 0 Å². The van der Waals surface area contributed by atoms with Crippen LogP contribution in [0, 0.1) is 0 Å². The van der Waals surface area contributed by atoms with Crippen molar-refractivity contribution >= 4 is 22.6 Å². The molecule has 0 aliphatic carbocycles. The molecule has 2 aromatic rings. The van der Waals surface area contributed by atoms with Crippen molar-refractivity contribution in [2.75, 3.05) is 6.61 Å². The number of carbonyl (C=O) groups excluding carboxylic acids is 2. The van der Waals surface area contributed by atoms with E-state index in [1.807, 2.05) is 12.1 Å². The molecule has 0 radical (unpaired) electrons. The minimum absolute atomic E-state index is 0.240. The Balaban J connectivity index is 2.31. The molecule has 0 unspecified atom stereocenters. The van der Waals surface area contributed by atoms with Gasteiger partial charge in [0.1, 0.15) is 0 Å². The van der Waals surface area contributed by atoms with Crippen molar-refractivity contribution in [1.29, 1.82) is 0 Å². The maximum Gasteiger partial charge on any atom is 0.261 e. The van der Waals surface area contributed by atoms with Crippen molar-refractivity contribution in [3.05, 3.63) is 47.5 Å². The van der Waals surface area contributed by atoms with Crippen LogP contribution in [0.3, 0.4) is 0 Å². The van der Waals surface area contributed by atoms with Crippen molar-refractivity contribution in [3.8, 4) is 0 Å². The quantitative estimate of drug-likeness (QED) is 0.833. The summed E-state index contributed by atoms with van der Waals surface area (Å²) in [4.78, 5) is 26.0. The Morgan fingerprint density at radius 3 is 2.05 bits per heavy atom. The van der Waals surface area contributed by atoms with Gasteiger partial charge in [-0.3, -0.25) is 14.5 Å². The lowest BCUT2D eigenvalue weighted by atomic mass is 9.93. The summed E-state index contributed by atoms with van der Waals surface area (Å²) in [7, 11) is 0. The van der Waals surface area contributed by atoms with E-state index in [1.54, 1.807) is 31.2 Å². The molecular formula is C15H13NO3. The Kier molecular flexibility index (Phi) is 2.61. The maximum atomic E-state index is 12.4. The zero-order valence-corrected chi connectivity index (χ0v) is 10.5. The van der Waals surface area contributed by atoms with Gasteiger partial charge in [-0.1, -0.05) is 24.3 Å². The summed E-state index contributed by atoms with van der Waals surface area (Å²) >= 11 is 0. The van der Waals surface area contributed by atoms with Crippen LogP contribution in [-0.2, 0) is 0 Å². The SMILES string of the molecule is C[C@H](CO)N1C(=O)c2cccc3cccc(c23)C1=O. The van der Waals surface area contributed by atoms with Crippen LogP contribution in [0.25, 0.3) is 10.8 Å². The molecule has 1 aliphatic rings. The molecule has 1 atom stereocenters. The third-order valence-corrected chi connectivity index (χ3v) is 3.51. The molecule has 1 aliphatic heterocycles. The number of imide groups is 1. The topological polar surface area (TPSA) is 57.6 Å². The molecule has 2 aromatic carbocycles. The van der Waals surface area contributed by atoms with Gasteiger partial charge in [-0.2, -0.15) is 0 Å². The first-order valence-electron chi connectivity index (χ1n) is 6.15. The fourth-order valence-electron chi connectivity index (χ4n) is 2.53. The predicted octanol–water partition coefficient (Wildman–Crippen LogP) is 1.82. The fourth-order valence-corrected chi connectivity index (χ4v) is 2.53. The van der Waals surface area contributed by atoms with Crippen LogP contribution in [0.4, 0.5) is 0 Å². The number of carbonyl (C=O) groups is 2. The van der Waals surface area contributed by atoms with E-state index in [4.69, 9.17) is 0 Å². The van der Waals surface area contributed by atoms with Crippen LogP contribution in [0.5, 0.6) is 0 Å². The number of hydrogen-bond donors (Lipinski definition) is 1. The highest BCUT2D eigenvalue weighted by molar-refractivity contribution is 6.25. The van der Waals surface area contributed by atoms with Gasteiger partial charge in [0.2, 0.25) is 0 Å². The average molecular weight is 255 g/mol. The molecule has 0 spiro atoms. The normalized spacial score (nSPS) is 16.0. The van der Waals surface area contributed by atoms with E-state index in [0.717, 1.165) is 10.3 Å². The van der Waals surface area contributed by atoms with E-state index >= 15 is 0 Å². The molecule has 4 heteroatoms. The average Bonchev–Trinajstić information content (AvgIpc) is 2.44. The third kappa shape index (κ3) is 1.57. The number of amides is 2. The van der Waals surface area contributed by atoms with Crippen LogP contribution in [0.1, 0.15) is 27.6 Å². The Morgan fingerprint density at radius 1 is 1.05 bits per heavy atom. The van der Waals surface area contributed by atoms with Crippen LogP contribution in [0.15, 0.2) is 36.4 Å². The van der Waals surface area contributed by atoms with Crippen LogP contribution < -0.4 is 0 Å². The number of hydrogen-bond acceptors (Lipinski definition) is 3. The van der Waals surface area contributed by atoms with Gasteiger partial charge in [0.25, 0.3) is 11.8 Å². The lowest BCUT2D eigenvalue weighted by Gasteiger charge is -2.30. The molecule has 19 heavy (non-hydrogen) atoms. The van der Waals surface area contributed by atoms with Crippen molar-refractivity contribution in [3.63, 3.8) is 0 Å². The highest BCUT2D eigenvalue weighted by Gasteiger charge is 2.35. The molecule has 0 saturated heterocycles. The molecule has 0 bridgehead atoms. The zero-order chi connectivity index (χ0) is 13.6. The molecule has 1 N–H and O–H groups in total. The fraction of sp³-hybridized carbons (Fsp3) is 0.200. The van der Waals surface area contributed by atoms with Gasteiger partial charge in [0.15, 0.2) is 0 Å². The monoisotopic (exact) mass is 255 g/mol. The largest absolute Gasteiger partial charge is 0.394 e. The molecule has 1 heterocycles. The van der Waals surface area contributed by atoms with Crippen molar-refractivity contribution in [2.24, 2.45) is 0 Å². The smallest absolute Gasteiger partial charge is 0.261 e. The molecule has 0 saturated carbocycles. The van der Waals surface area contributed by atoms with Crippen LogP contribution in [-0.4, -0.2) is 34.5 Å². The van der Waals surface area contributed by atoms with E-state index in [0.29, 0.717) is 16.5 Å². The lowest BCUT2D eigenvalue weighted by Crippen LogP contribution is -2.47. The summed E-state index contributed by atoms with van der Waals surface area (Å²) < 4.78 is 0. The molecule has 3 rings (SSSR count). The summed E-state index contributed by atoms with van der Waals surface area (Å²) in [6.07, 6.45) is 0. The zero-order valence-electron chi connectivity index (χ0n) is 10.5. The van der Waals surface area contributed by atoms with E-state index in [1.165, 1.54) is 0 Å². The number of aliphatic hydroxyl groups is 1. The minimum Gasteiger partial charge on any atom is -0.394 e. The lowest BCUT2D eigenvalue weighted by molar-refractivity contribution is 0.0492. The molecule has 0 fully saturated rings. The van der Waals surface area contributed by atoms with Gasteiger partial charge >= 0.3 is 0 Å². The minimum atomic E-state index is -0.524. The van der Waals surface area contributed by atoms with Crippen molar-refractivity contribution in [2.45, 2.75) is 13.0 Å². The molecule has 0 aromatic heterocycles. The first-order valence-corrected chi connectivity index (χ1v) is 6.15. The van der Waals surface area contributed by atoms with Gasteiger partial charge in [0, 0.05) is 16.5 Å². The summed E-state index contributed by atoms with van der Waals surface area (Å²) in [5, 5.41) is 10.8. The van der Waals surface area contributed by atoms with Gasteiger partial charge in [-0.25, -0.2) is 0 Å². The van der Waals surface area contributed by atoms with Crippen molar-refractivity contribution in [1.82, 2.24) is 4.90 Å². The van der Waals surface area contributed by atoms with E-state index in [9.17, 15) is 14.7 Å². The Morgan fingerprint density at radius 2 is 1.58 bits per heavy atom. The number of aliphatic hydroxyl groups excluding tert-OH is 1. The van der Waals surface area contributed by atoms with Gasteiger partial charge in [-0.05, 0) is 24.4 Å². The third-order valence-electron chi connectivity index (χ3n) is 3.51. The van der Waals surface area contributed by atoms with E-state index in [-0.39, 0.29) is 18.4 Å². The summed E-state index contributed by atoms with van der Waals surface area (Å²) in [6.45, 7) is 1.42. The first-order chi connectivity index (χ1) is 9.15. The predicted molar refractivity (Wildman–Crippen MR) is 71.0 cm³/mol. The standard InChI is InChI=1S/C15H13NO3/c1-9(8-17)16-14(18)11-6-2-4-10-5-3-7-12(13(10)11)15(16)19/h2-7,9,17H,8H2,1H3/t9-/m1/s1.